The molecule has 0 spiro atoms. The lowest BCUT2D eigenvalue weighted by Gasteiger charge is -2.17. The highest BCUT2D eigenvalue weighted by atomic mass is 16.5. The van der Waals surface area contributed by atoms with Crippen molar-refractivity contribution in [2.45, 2.75) is 25.5 Å². The minimum Gasteiger partial charge on any atom is -0.445 e. The Bertz CT molecular complexity index is 668. The number of amides is 1. The van der Waals surface area contributed by atoms with Gasteiger partial charge in [0.25, 0.3) is 0 Å². The lowest BCUT2D eigenvalue weighted by Crippen LogP contribution is -2.42. The van der Waals surface area contributed by atoms with Gasteiger partial charge in [-0.05, 0) is 17.5 Å². The Morgan fingerprint density at radius 2 is 1.58 bits per heavy atom. The van der Waals surface area contributed by atoms with Crippen LogP contribution in [-0.2, 0) is 22.6 Å². The maximum Gasteiger partial charge on any atom is 0.408 e. The fourth-order valence-electron chi connectivity index (χ4n) is 2.29. The van der Waals surface area contributed by atoms with E-state index in [1.807, 2.05) is 60.7 Å². The molecule has 4 nitrogen and oxygen atoms in total. The van der Waals surface area contributed by atoms with Crippen LogP contribution in [0.5, 0.6) is 0 Å². The number of ether oxygens (including phenoxy) is 1. The first kappa shape index (κ1) is 17.5. The molecule has 1 amide bonds. The van der Waals surface area contributed by atoms with Crippen molar-refractivity contribution in [2.24, 2.45) is 0 Å². The first-order chi connectivity index (χ1) is 11.7. The molecule has 0 fully saturated rings. The molecule has 0 aliphatic heterocycles. The van der Waals surface area contributed by atoms with Crippen molar-refractivity contribution in [1.29, 1.82) is 0 Å². The molecule has 2 aromatic carbocycles. The van der Waals surface area contributed by atoms with Gasteiger partial charge >= 0.3 is 6.09 Å². The Kier molecular flexibility index (Phi) is 6.77. The average Bonchev–Trinajstić information content (AvgIpc) is 2.61. The van der Waals surface area contributed by atoms with Crippen LogP contribution in [0.1, 0.15) is 17.5 Å². The van der Waals surface area contributed by atoms with E-state index in [0.717, 1.165) is 11.1 Å². The van der Waals surface area contributed by atoms with Crippen molar-refractivity contribution < 1.29 is 14.3 Å². The number of carbonyl (C=O) groups is 2. The molecule has 4 heteroatoms. The normalized spacial score (nSPS) is 11.3. The molecule has 2 aromatic rings. The maximum absolute atomic E-state index is 12.2. The molecule has 0 saturated heterocycles. The van der Waals surface area contributed by atoms with Gasteiger partial charge in [-0.15, -0.1) is 6.58 Å². The Morgan fingerprint density at radius 1 is 1.00 bits per heavy atom. The van der Waals surface area contributed by atoms with E-state index in [-0.39, 0.29) is 18.8 Å². The second-order valence-corrected chi connectivity index (χ2v) is 5.41. The lowest BCUT2D eigenvalue weighted by molar-refractivity contribution is -0.120. The van der Waals surface area contributed by atoms with E-state index < -0.39 is 12.1 Å². The number of benzene rings is 2. The molecule has 0 saturated carbocycles. The van der Waals surface area contributed by atoms with Gasteiger partial charge in [0, 0.05) is 6.42 Å². The van der Waals surface area contributed by atoms with E-state index >= 15 is 0 Å². The van der Waals surface area contributed by atoms with Crippen LogP contribution >= 0.6 is 0 Å². The zero-order valence-electron chi connectivity index (χ0n) is 13.5. The van der Waals surface area contributed by atoms with E-state index in [1.165, 1.54) is 6.08 Å². The Labute approximate surface area is 142 Å². The number of allylic oxidation sites excluding steroid dienone is 1. The number of nitrogens with one attached hydrogen (secondary N) is 1. The average molecular weight is 323 g/mol. The summed E-state index contributed by atoms with van der Waals surface area (Å²) in [6, 6.07) is 18.3. The van der Waals surface area contributed by atoms with Gasteiger partial charge in [0.1, 0.15) is 6.61 Å². The summed E-state index contributed by atoms with van der Waals surface area (Å²) in [5.41, 5.74) is 1.87. The summed E-state index contributed by atoms with van der Waals surface area (Å²) in [6.07, 6.45) is 1.57. The monoisotopic (exact) mass is 323 g/mol. The molecule has 0 aliphatic carbocycles. The van der Waals surface area contributed by atoms with Crippen molar-refractivity contribution in [3.8, 4) is 0 Å². The van der Waals surface area contributed by atoms with Crippen molar-refractivity contribution in [3.63, 3.8) is 0 Å². The van der Waals surface area contributed by atoms with E-state index in [4.69, 9.17) is 4.74 Å². The molecule has 0 radical (unpaired) electrons. The second-order valence-electron chi connectivity index (χ2n) is 5.41. The topological polar surface area (TPSA) is 55.4 Å². The largest absolute Gasteiger partial charge is 0.445 e. The predicted octanol–water partition coefficient (Wildman–Crippen LogP) is 3.67. The van der Waals surface area contributed by atoms with E-state index in [9.17, 15) is 9.59 Å². The number of hydrogen-bond donors (Lipinski definition) is 1. The summed E-state index contributed by atoms with van der Waals surface area (Å²) >= 11 is 0. The molecular formula is C20H21NO3. The zero-order valence-corrected chi connectivity index (χ0v) is 13.5. The quantitative estimate of drug-likeness (QED) is 0.754. The highest BCUT2D eigenvalue weighted by Crippen LogP contribution is 2.07. The Balaban J connectivity index is 1.95. The summed E-state index contributed by atoms with van der Waals surface area (Å²) in [4.78, 5) is 24.2. The van der Waals surface area contributed by atoms with Crippen LogP contribution in [0.4, 0.5) is 4.79 Å². The number of carbonyl (C=O) groups excluding carboxylic acids is 2. The van der Waals surface area contributed by atoms with Gasteiger partial charge in [-0.3, -0.25) is 4.79 Å². The van der Waals surface area contributed by atoms with Gasteiger partial charge in [0.15, 0.2) is 5.78 Å². The number of hydrogen-bond acceptors (Lipinski definition) is 3. The molecule has 0 aliphatic rings. The fraction of sp³-hybridized carbons (Fsp3) is 0.200. The van der Waals surface area contributed by atoms with E-state index in [1.54, 1.807) is 0 Å². The van der Waals surface area contributed by atoms with Gasteiger partial charge < -0.3 is 10.1 Å². The zero-order chi connectivity index (χ0) is 17.2. The summed E-state index contributed by atoms with van der Waals surface area (Å²) in [6.45, 7) is 3.75. The molecule has 124 valence electrons. The Morgan fingerprint density at radius 3 is 2.17 bits per heavy atom. The number of rotatable bonds is 8. The van der Waals surface area contributed by atoms with E-state index in [0.29, 0.717) is 6.42 Å². The van der Waals surface area contributed by atoms with Crippen LogP contribution in [0.15, 0.2) is 73.3 Å². The summed E-state index contributed by atoms with van der Waals surface area (Å²) in [5.74, 6) is -0.0921. The standard InChI is InChI=1S/C20H21NO3/c1-2-9-19(22)18(14-16-10-5-3-6-11-16)21-20(23)24-15-17-12-7-4-8-13-17/h2-8,10-13,18H,1,9,14-15H2,(H,21,23)/t18-/m0/s1. The summed E-state index contributed by atoms with van der Waals surface area (Å²) < 4.78 is 5.20. The molecule has 24 heavy (non-hydrogen) atoms. The minimum atomic E-state index is -0.631. The predicted molar refractivity (Wildman–Crippen MR) is 93.5 cm³/mol. The molecule has 0 aromatic heterocycles. The van der Waals surface area contributed by atoms with Gasteiger partial charge in [-0.2, -0.15) is 0 Å². The molecule has 1 atom stereocenters. The second kappa shape index (κ2) is 9.30. The van der Waals surface area contributed by atoms with Gasteiger partial charge in [0.05, 0.1) is 6.04 Å². The molecule has 1 N–H and O–H groups in total. The maximum atomic E-state index is 12.2. The first-order valence-corrected chi connectivity index (χ1v) is 7.84. The third-order valence-electron chi connectivity index (χ3n) is 3.52. The van der Waals surface area contributed by atoms with Gasteiger partial charge in [-0.1, -0.05) is 66.7 Å². The van der Waals surface area contributed by atoms with E-state index in [2.05, 4.69) is 11.9 Å². The SMILES string of the molecule is C=CCC(=O)[C@H](Cc1ccccc1)NC(=O)OCc1ccccc1. The number of alkyl carbamates (subject to hydrolysis) is 1. The van der Waals surface area contributed by atoms with Crippen molar-refractivity contribution >= 4 is 11.9 Å². The first-order valence-electron chi connectivity index (χ1n) is 7.84. The van der Waals surface area contributed by atoms with Crippen molar-refractivity contribution in [1.82, 2.24) is 5.32 Å². The van der Waals surface area contributed by atoms with Gasteiger partial charge in [-0.25, -0.2) is 4.79 Å². The van der Waals surface area contributed by atoms with Crippen LogP contribution in [0, 0.1) is 0 Å². The van der Waals surface area contributed by atoms with Crippen LogP contribution < -0.4 is 5.32 Å². The summed E-state index contributed by atoms with van der Waals surface area (Å²) in [7, 11) is 0. The molecule has 0 heterocycles. The van der Waals surface area contributed by atoms with Crippen LogP contribution in [0.3, 0.4) is 0 Å². The van der Waals surface area contributed by atoms with Crippen molar-refractivity contribution in [2.75, 3.05) is 0 Å². The summed E-state index contributed by atoms with van der Waals surface area (Å²) in [5, 5.41) is 2.66. The highest BCUT2D eigenvalue weighted by Gasteiger charge is 2.20. The molecule has 0 bridgehead atoms. The third-order valence-corrected chi connectivity index (χ3v) is 3.52. The van der Waals surface area contributed by atoms with Crippen molar-refractivity contribution in [3.05, 3.63) is 84.4 Å². The number of Topliss-reactive ketones (excluding diaryl/α,β-unsaturated/α-hetero) is 1. The third kappa shape index (κ3) is 5.72. The minimum absolute atomic E-state index is 0.0921. The lowest BCUT2D eigenvalue weighted by atomic mass is 10.0. The van der Waals surface area contributed by atoms with Crippen LogP contribution in [0.25, 0.3) is 0 Å². The molecular weight excluding hydrogens is 302 g/mol. The smallest absolute Gasteiger partial charge is 0.408 e. The highest BCUT2D eigenvalue weighted by molar-refractivity contribution is 5.88. The Hall–Kier alpha value is -2.88. The number of ketones is 1. The van der Waals surface area contributed by atoms with Crippen LogP contribution in [-0.4, -0.2) is 17.9 Å². The van der Waals surface area contributed by atoms with Gasteiger partial charge in [0.2, 0.25) is 0 Å². The fourth-order valence-corrected chi connectivity index (χ4v) is 2.29. The van der Waals surface area contributed by atoms with Crippen LogP contribution in [0.2, 0.25) is 0 Å². The molecule has 2 rings (SSSR count). The molecule has 0 unspecified atom stereocenters.